The Balaban J connectivity index is 1.85. The molecule has 1 saturated heterocycles. The van der Waals surface area contributed by atoms with Gasteiger partial charge < -0.3 is 10.6 Å². The van der Waals surface area contributed by atoms with Gasteiger partial charge in [-0.3, -0.25) is 0 Å². The van der Waals surface area contributed by atoms with Crippen LogP contribution in [0.1, 0.15) is 24.8 Å². The van der Waals surface area contributed by atoms with Gasteiger partial charge in [0.25, 0.3) is 0 Å². The summed E-state index contributed by atoms with van der Waals surface area (Å²) in [5, 5.41) is 0.745. The summed E-state index contributed by atoms with van der Waals surface area (Å²) in [7, 11) is 0. The van der Waals surface area contributed by atoms with Crippen molar-refractivity contribution in [3.05, 3.63) is 22.8 Å². The van der Waals surface area contributed by atoms with E-state index >= 15 is 0 Å². The molecule has 92 valence electrons. The third-order valence-corrected chi connectivity index (χ3v) is 4.61. The topological polar surface area (TPSA) is 42.1 Å². The van der Waals surface area contributed by atoms with E-state index in [1.54, 1.807) is 0 Å². The van der Waals surface area contributed by atoms with Crippen LogP contribution in [0.4, 0.5) is 5.82 Å². The highest BCUT2D eigenvalue weighted by atomic mass is 35.5. The molecule has 2 unspecified atom stereocenters. The van der Waals surface area contributed by atoms with Crippen LogP contribution in [0.15, 0.2) is 12.3 Å². The standard InChI is InChI=1S/C13H18ClN3/c14-12-9(6-15)4-5-16-13(12)17-7-10-2-1-3-11(10)8-17/h4-5,10-11H,1-3,6-8,15H2. The van der Waals surface area contributed by atoms with Crippen molar-refractivity contribution in [1.82, 2.24) is 4.98 Å². The quantitative estimate of drug-likeness (QED) is 0.878. The molecule has 2 fully saturated rings. The van der Waals surface area contributed by atoms with Crippen molar-refractivity contribution in [2.45, 2.75) is 25.8 Å². The molecule has 2 N–H and O–H groups in total. The molecule has 2 aliphatic rings. The first-order valence-corrected chi connectivity index (χ1v) is 6.75. The Bertz CT molecular complexity index is 409. The number of rotatable bonds is 2. The zero-order valence-corrected chi connectivity index (χ0v) is 10.7. The summed E-state index contributed by atoms with van der Waals surface area (Å²) in [4.78, 5) is 6.78. The highest BCUT2D eigenvalue weighted by Gasteiger charge is 2.37. The number of pyridine rings is 1. The molecule has 3 rings (SSSR count). The molecule has 0 spiro atoms. The van der Waals surface area contributed by atoms with Crippen LogP contribution in [0.25, 0.3) is 0 Å². The Morgan fingerprint density at radius 3 is 2.71 bits per heavy atom. The molecule has 1 aliphatic heterocycles. The van der Waals surface area contributed by atoms with Gasteiger partial charge in [0.1, 0.15) is 5.82 Å². The monoisotopic (exact) mass is 251 g/mol. The molecule has 1 aromatic heterocycles. The van der Waals surface area contributed by atoms with Gasteiger partial charge >= 0.3 is 0 Å². The van der Waals surface area contributed by atoms with Crippen molar-refractivity contribution in [2.75, 3.05) is 18.0 Å². The van der Waals surface area contributed by atoms with E-state index in [-0.39, 0.29) is 0 Å². The first kappa shape index (κ1) is 11.3. The van der Waals surface area contributed by atoms with Gasteiger partial charge in [0.2, 0.25) is 0 Å². The second kappa shape index (κ2) is 4.46. The van der Waals surface area contributed by atoms with Crippen LogP contribution in [0, 0.1) is 11.8 Å². The summed E-state index contributed by atoms with van der Waals surface area (Å²) in [5.74, 6) is 2.65. The van der Waals surface area contributed by atoms with Gasteiger partial charge in [-0.1, -0.05) is 18.0 Å². The first-order chi connectivity index (χ1) is 8.29. The Hall–Kier alpha value is -0.800. The predicted octanol–water partition coefficient (Wildman–Crippen LogP) is 2.43. The third-order valence-electron chi connectivity index (χ3n) is 4.20. The van der Waals surface area contributed by atoms with Crippen molar-refractivity contribution in [1.29, 1.82) is 0 Å². The molecule has 0 bridgehead atoms. The normalized spacial score (nSPS) is 27.5. The van der Waals surface area contributed by atoms with Crippen molar-refractivity contribution >= 4 is 17.4 Å². The van der Waals surface area contributed by atoms with E-state index in [9.17, 15) is 0 Å². The van der Waals surface area contributed by atoms with E-state index in [1.807, 2.05) is 12.3 Å². The number of halogens is 1. The zero-order valence-electron chi connectivity index (χ0n) is 9.90. The van der Waals surface area contributed by atoms with E-state index in [0.717, 1.165) is 41.3 Å². The van der Waals surface area contributed by atoms with E-state index in [4.69, 9.17) is 17.3 Å². The number of anilines is 1. The summed E-state index contributed by atoms with van der Waals surface area (Å²) in [6, 6.07) is 1.91. The maximum absolute atomic E-state index is 6.36. The number of aromatic nitrogens is 1. The van der Waals surface area contributed by atoms with Crippen LogP contribution in [-0.2, 0) is 6.54 Å². The van der Waals surface area contributed by atoms with E-state index < -0.39 is 0 Å². The van der Waals surface area contributed by atoms with Crippen molar-refractivity contribution in [2.24, 2.45) is 17.6 Å². The fraction of sp³-hybridized carbons (Fsp3) is 0.615. The molecule has 2 heterocycles. The maximum Gasteiger partial charge on any atom is 0.147 e. The first-order valence-electron chi connectivity index (χ1n) is 6.38. The number of nitrogens with zero attached hydrogens (tertiary/aromatic N) is 2. The van der Waals surface area contributed by atoms with Gasteiger partial charge in [-0.25, -0.2) is 4.98 Å². The Labute approximate surface area is 107 Å². The van der Waals surface area contributed by atoms with Crippen LogP contribution in [0.5, 0.6) is 0 Å². The highest BCUT2D eigenvalue weighted by Crippen LogP contribution is 2.40. The number of nitrogens with two attached hydrogens (primary N) is 1. The number of fused-ring (bicyclic) bond motifs is 1. The number of hydrogen-bond donors (Lipinski definition) is 1. The minimum atomic E-state index is 0.481. The predicted molar refractivity (Wildman–Crippen MR) is 70.2 cm³/mol. The van der Waals surface area contributed by atoms with Gasteiger partial charge in [0, 0.05) is 25.8 Å². The minimum Gasteiger partial charge on any atom is -0.355 e. The smallest absolute Gasteiger partial charge is 0.147 e. The summed E-state index contributed by atoms with van der Waals surface area (Å²) in [5.41, 5.74) is 6.67. The van der Waals surface area contributed by atoms with Crippen LogP contribution in [-0.4, -0.2) is 18.1 Å². The Morgan fingerprint density at radius 2 is 2.06 bits per heavy atom. The lowest BCUT2D eigenvalue weighted by atomic mass is 10.0. The summed E-state index contributed by atoms with van der Waals surface area (Å²) in [6.45, 7) is 2.71. The SMILES string of the molecule is NCc1ccnc(N2CC3CCCC3C2)c1Cl. The van der Waals surface area contributed by atoms with Crippen LogP contribution in [0.2, 0.25) is 5.02 Å². The third kappa shape index (κ3) is 1.91. The lowest BCUT2D eigenvalue weighted by Crippen LogP contribution is -2.22. The average molecular weight is 252 g/mol. The van der Waals surface area contributed by atoms with Gasteiger partial charge in [0.05, 0.1) is 5.02 Å². The average Bonchev–Trinajstić information content (AvgIpc) is 2.89. The summed E-state index contributed by atoms with van der Waals surface area (Å²) >= 11 is 6.36. The van der Waals surface area contributed by atoms with Gasteiger partial charge in [-0.15, -0.1) is 0 Å². The fourth-order valence-corrected chi connectivity index (χ4v) is 3.57. The molecule has 3 nitrogen and oxygen atoms in total. The molecule has 1 saturated carbocycles. The van der Waals surface area contributed by atoms with Crippen molar-refractivity contribution in [3.63, 3.8) is 0 Å². The number of hydrogen-bond acceptors (Lipinski definition) is 3. The molecular formula is C13H18ClN3. The molecule has 4 heteroatoms. The minimum absolute atomic E-state index is 0.481. The van der Waals surface area contributed by atoms with Crippen LogP contribution >= 0.6 is 11.6 Å². The molecule has 0 aromatic carbocycles. The second-order valence-electron chi connectivity index (χ2n) is 5.17. The fourth-order valence-electron chi connectivity index (χ4n) is 3.26. The molecule has 0 amide bonds. The van der Waals surface area contributed by atoms with Crippen LogP contribution in [0.3, 0.4) is 0 Å². The molecule has 17 heavy (non-hydrogen) atoms. The van der Waals surface area contributed by atoms with Gasteiger partial charge in [0.15, 0.2) is 0 Å². The summed E-state index contributed by atoms with van der Waals surface area (Å²) < 4.78 is 0. The van der Waals surface area contributed by atoms with Crippen molar-refractivity contribution in [3.8, 4) is 0 Å². The van der Waals surface area contributed by atoms with Crippen LogP contribution < -0.4 is 10.6 Å². The van der Waals surface area contributed by atoms with E-state index in [1.165, 1.54) is 19.3 Å². The molecular weight excluding hydrogens is 234 g/mol. The zero-order chi connectivity index (χ0) is 11.8. The lowest BCUT2D eigenvalue weighted by molar-refractivity contribution is 0.494. The van der Waals surface area contributed by atoms with E-state index in [0.29, 0.717) is 6.54 Å². The molecule has 1 aromatic rings. The lowest BCUT2D eigenvalue weighted by Gasteiger charge is -2.20. The molecule has 1 aliphatic carbocycles. The maximum atomic E-state index is 6.36. The highest BCUT2D eigenvalue weighted by molar-refractivity contribution is 6.33. The summed E-state index contributed by atoms with van der Waals surface area (Å²) in [6.07, 6.45) is 5.95. The Morgan fingerprint density at radius 1 is 1.35 bits per heavy atom. The van der Waals surface area contributed by atoms with Gasteiger partial charge in [-0.05, 0) is 36.3 Å². The van der Waals surface area contributed by atoms with E-state index in [2.05, 4.69) is 9.88 Å². The second-order valence-corrected chi connectivity index (χ2v) is 5.55. The Kier molecular flexibility index (Phi) is 2.97. The largest absolute Gasteiger partial charge is 0.355 e. The molecule has 2 atom stereocenters. The molecule has 0 radical (unpaired) electrons. The van der Waals surface area contributed by atoms with Gasteiger partial charge in [-0.2, -0.15) is 0 Å². The van der Waals surface area contributed by atoms with Crippen molar-refractivity contribution < 1.29 is 0 Å².